The summed E-state index contributed by atoms with van der Waals surface area (Å²) in [6, 6.07) is 16.6. The average molecular weight is 370 g/mol. The molecule has 1 aliphatic rings. The third-order valence-electron chi connectivity index (χ3n) is 4.32. The molecule has 3 nitrogen and oxygen atoms in total. The molecule has 0 saturated carbocycles. The number of pyridine rings is 2. The SMILES string of the molecule is Br.c1ccc(-c2cc(N3CCCCC3)c3ccccc3n2)nc1. The van der Waals surface area contributed by atoms with Crippen LogP contribution in [0.4, 0.5) is 5.69 Å². The molecule has 0 atom stereocenters. The third kappa shape index (κ3) is 3.22. The average Bonchev–Trinajstić information content (AvgIpc) is 2.62. The van der Waals surface area contributed by atoms with Gasteiger partial charge in [0.25, 0.3) is 0 Å². The van der Waals surface area contributed by atoms with Crippen molar-refractivity contribution < 1.29 is 0 Å². The highest BCUT2D eigenvalue weighted by Crippen LogP contribution is 2.31. The summed E-state index contributed by atoms with van der Waals surface area (Å²) in [5.74, 6) is 0. The molecule has 2 aromatic heterocycles. The molecule has 0 aliphatic carbocycles. The molecule has 118 valence electrons. The van der Waals surface area contributed by atoms with Crippen molar-refractivity contribution in [3.63, 3.8) is 0 Å². The Morgan fingerprint density at radius 1 is 0.826 bits per heavy atom. The van der Waals surface area contributed by atoms with Crippen molar-refractivity contribution in [3.8, 4) is 11.4 Å². The fourth-order valence-corrected chi connectivity index (χ4v) is 3.20. The van der Waals surface area contributed by atoms with Gasteiger partial charge in [-0.25, -0.2) is 4.98 Å². The Labute approximate surface area is 147 Å². The molecule has 0 bridgehead atoms. The predicted octanol–water partition coefficient (Wildman–Crippen LogP) is 4.87. The van der Waals surface area contributed by atoms with E-state index in [9.17, 15) is 0 Å². The van der Waals surface area contributed by atoms with Crippen LogP contribution in [0.15, 0.2) is 54.7 Å². The van der Waals surface area contributed by atoms with E-state index in [1.54, 1.807) is 0 Å². The molecular weight excluding hydrogens is 350 g/mol. The van der Waals surface area contributed by atoms with Crippen LogP contribution in [0.25, 0.3) is 22.3 Å². The Morgan fingerprint density at radius 3 is 2.39 bits per heavy atom. The quantitative estimate of drug-likeness (QED) is 0.645. The zero-order chi connectivity index (χ0) is 14.8. The summed E-state index contributed by atoms with van der Waals surface area (Å²) in [6.07, 6.45) is 5.71. The van der Waals surface area contributed by atoms with Gasteiger partial charge >= 0.3 is 0 Å². The Bertz CT molecular complexity index is 783. The molecule has 4 heteroatoms. The molecule has 0 amide bonds. The van der Waals surface area contributed by atoms with E-state index in [1.165, 1.54) is 30.3 Å². The van der Waals surface area contributed by atoms with Crippen molar-refractivity contribution in [1.29, 1.82) is 0 Å². The molecular formula is C19H20BrN3. The second-order valence-electron chi connectivity index (χ2n) is 5.81. The zero-order valence-corrected chi connectivity index (χ0v) is 14.7. The normalized spacial score (nSPS) is 14.5. The minimum absolute atomic E-state index is 0. The summed E-state index contributed by atoms with van der Waals surface area (Å²) in [6.45, 7) is 2.27. The number of anilines is 1. The number of piperidine rings is 1. The molecule has 1 aliphatic heterocycles. The number of halogens is 1. The number of hydrogen-bond acceptors (Lipinski definition) is 3. The van der Waals surface area contributed by atoms with Crippen LogP contribution in [-0.4, -0.2) is 23.1 Å². The Balaban J connectivity index is 0.00000156. The first kappa shape index (κ1) is 15.9. The maximum Gasteiger partial charge on any atom is 0.0914 e. The van der Waals surface area contributed by atoms with Crippen LogP contribution < -0.4 is 4.90 Å². The second kappa shape index (κ2) is 7.09. The van der Waals surface area contributed by atoms with E-state index in [1.807, 2.05) is 24.4 Å². The van der Waals surface area contributed by atoms with Crippen LogP contribution >= 0.6 is 17.0 Å². The first-order valence-electron chi connectivity index (χ1n) is 7.98. The van der Waals surface area contributed by atoms with Gasteiger partial charge in [0.15, 0.2) is 0 Å². The van der Waals surface area contributed by atoms with E-state index < -0.39 is 0 Å². The summed E-state index contributed by atoms with van der Waals surface area (Å²) >= 11 is 0. The molecule has 4 rings (SSSR count). The van der Waals surface area contributed by atoms with Crippen molar-refractivity contribution in [1.82, 2.24) is 9.97 Å². The van der Waals surface area contributed by atoms with E-state index >= 15 is 0 Å². The van der Waals surface area contributed by atoms with E-state index in [-0.39, 0.29) is 17.0 Å². The number of hydrogen-bond donors (Lipinski definition) is 0. The monoisotopic (exact) mass is 369 g/mol. The van der Waals surface area contributed by atoms with Gasteiger partial charge in [0.1, 0.15) is 0 Å². The van der Waals surface area contributed by atoms with Crippen LogP contribution in [0.3, 0.4) is 0 Å². The molecule has 0 N–H and O–H groups in total. The lowest BCUT2D eigenvalue weighted by molar-refractivity contribution is 0.579. The lowest BCUT2D eigenvalue weighted by Gasteiger charge is -2.30. The molecule has 0 spiro atoms. The number of para-hydroxylation sites is 1. The molecule has 0 radical (unpaired) electrons. The lowest BCUT2D eigenvalue weighted by atomic mass is 10.1. The predicted molar refractivity (Wildman–Crippen MR) is 101 cm³/mol. The number of nitrogens with zero attached hydrogens (tertiary/aromatic N) is 3. The Hall–Kier alpha value is -1.94. The van der Waals surface area contributed by atoms with Gasteiger partial charge in [-0.2, -0.15) is 0 Å². The van der Waals surface area contributed by atoms with Crippen molar-refractivity contribution >= 4 is 33.6 Å². The summed E-state index contributed by atoms with van der Waals surface area (Å²) in [5.41, 5.74) is 4.24. The molecule has 23 heavy (non-hydrogen) atoms. The third-order valence-corrected chi connectivity index (χ3v) is 4.32. The standard InChI is InChI=1S/C19H19N3.BrH/c1-6-12-22(13-7-1)19-14-18(17-10-4-5-11-20-17)21-16-9-3-2-8-15(16)19;/h2-5,8-11,14H,1,6-7,12-13H2;1H. The number of rotatable bonds is 2. The smallest absolute Gasteiger partial charge is 0.0914 e. The second-order valence-corrected chi connectivity index (χ2v) is 5.81. The largest absolute Gasteiger partial charge is 0.371 e. The van der Waals surface area contributed by atoms with Crippen LogP contribution in [-0.2, 0) is 0 Å². The fraction of sp³-hybridized carbons (Fsp3) is 0.263. The van der Waals surface area contributed by atoms with E-state index in [0.29, 0.717) is 0 Å². The zero-order valence-electron chi connectivity index (χ0n) is 13.0. The number of aromatic nitrogens is 2. The minimum atomic E-state index is 0. The van der Waals surface area contributed by atoms with Gasteiger partial charge in [-0.1, -0.05) is 24.3 Å². The summed E-state index contributed by atoms with van der Waals surface area (Å²) < 4.78 is 0. The van der Waals surface area contributed by atoms with Crippen LogP contribution in [0.5, 0.6) is 0 Å². The van der Waals surface area contributed by atoms with Gasteiger partial charge in [-0.15, -0.1) is 17.0 Å². The minimum Gasteiger partial charge on any atom is -0.371 e. The molecule has 1 fully saturated rings. The van der Waals surface area contributed by atoms with E-state index in [0.717, 1.165) is 30.0 Å². The summed E-state index contributed by atoms with van der Waals surface area (Å²) in [5, 5.41) is 1.24. The van der Waals surface area contributed by atoms with E-state index in [4.69, 9.17) is 4.98 Å². The topological polar surface area (TPSA) is 29.0 Å². The van der Waals surface area contributed by atoms with Crippen LogP contribution in [0, 0.1) is 0 Å². The van der Waals surface area contributed by atoms with Crippen molar-refractivity contribution in [2.45, 2.75) is 19.3 Å². The highest BCUT2D eigenvalue weighted by atomic mass is 79.9. The molecule has 0 unspecified atom stereocenters. The molecule has 1 aromatic carbocycles. The number of benzene rings is 1. The van der Waals surface area contributed by atoms with Gasteiger partial charge in [-0.3, -0.25) is 4.98 Å². The van der Waals surface area contributed by atoms with Crippen LogP contribution in [0.1, 0.15) is 19.3 Å². The molecule has 3 aromatic rings. The first-order valence-corrected chi connectivity index (χ1v) is 7.98. The van der Waals surface area contributed by atoms with E-state index in [2.05, 4.69) is 40.2 Å². The van der Waals surface area contributed by atoms with Crippen molar-refractivity contribution in [3.05, 3.63) is 54.7 Å². The summed E-state index contributed by atoms with van der Waals surface area (Å²) in [7, 11) is 0. The van der Waals surface area contributed by atoms with Crippen molar-refractivity contribution in [2.24, 2.45) is 0 Å². The lowest BCUT2D eigenvalue weighted by Crippen LogP contribution is -2.29. The highest BCUT2D eigenvalue weighted by Gasteiger charge is 2.16. The van der Waals surface area contributed by atoms with Gasteiger partial charge in [-0.05, 0) is 43.5 Å². The van der Waals surface area contributed by atoms with Crippen LogP contribution in [0.2, 0.25) is 0 Å². The molecule has 1 saturated heterocycles. The molecule has 3 heterocycles. The van der Waals surface area contributed by atoms with Gasteiger partial charge in [0.2, 0.25) is 0 Å². The maximum absolute atomic E-state index is 4.81. The maximum atomic E-state index is 4.81. The highest BCUT2D eigenvalue weighted by molar-refractivity contribution is 8.93. The fourth-order valence-electron chi connectivity index (χ4n) is 3.20. The Morgan fingerprint density at radius 2 is 1.61 bits per heavy atom. The number of fused-ring (bicyclic) bond motifs is 1. The first-order chi connectivity index (χ1) is 10.9. The van der Waals surface area contributed by atoms with Gasteiger partial charge in [0.05, 0.1) is 16.9 Å². The van der Waals surface area contributed by atoms with Gasteiger partial charge < -0.3 is 4.90 Å². The van der Waals surface area contributed by atoms with Crippen molar-refractivity contribution in [2.75, 3.05) is 18.0 Å². The van der Waals surface area contributed by atoms with Gasteiger partial charge in [0, 0.05) is 30.4 Å². The summed E-state index contributed by atoms with van der Waals surface area (Å²) in [4.78, 5) is 11.8. The Kier molecular flexibility index (Phi) is 4.91.